The van der Waals surface area contributed by atoms with Crippen molar-refractivity contribution in [3.05, 3.63) is 29.6 Å². The minimum absolute atomic E-state index is 0.127. The molecule has 1 aliphatic carbocycles. The molecule has 2 rings (SSSR count). The summed E-state index contributed by atoms with van der Waals surface area (Å²) in [5, 5.41) is 3.06. The molecule has 3 nitrogen and oxygen atoms in total. The number of aromatic nitrogens is 1. The number of carbonyl (C=O) groups excluding carboxylic acids is 1. The standard InChI is InChI=1S/C13H18N2O/c1-9(2)8-12(16)15-11-6-5-10-4-3-7-14-13(10)11/h3-4,7,9,11H,5-6,8H2,1-2H3,(H,15,16). The molecule has 0 fully saturated rings. The Balaban J connectivity index is 2.00. The van der Waals surface area contributed by atoms with Crippen LogP contribution in [-0.2, 0) is 11.2 Å². The number of nitrogens with zero attached hydrogens (tertiary/aromatic N) is 1. The van der Waals surface area contributed by atoms with Gasteiger partial charge in [0.1, 0.15) is 0 Å². The maximum absolute atomic E-state index is 11.7. The van der Waals surface area contributed by atoms with Crippen molar-refractivity contribution in [3.8, 4) is 0 Å². The van der Waals surface area contributed by atoms with Crippen LogP contribution in [0.1, 0.15) is 44.0 Å². The second-order valence-electron chi connectivity index (χ2n) is 4.80. The highest BCUT2D eigenvalue weighted by atomic mass is 16.1. The Bertz CT molecular complexity index is 387. The van der Waals surface area contributed by atoms with Crippen LogP contribution in [0.5, 0.6) is 0 Å². The first-order valence-corrected chi connectivity index (χ1v) is 5.90. The first-order valence-electron chi connectivity index (χ1n) is 5.90. The molecule has 1 aromatic rings. The molecule has 0 aromatic carbocycles. The third-order valence-corrected chi connectivity index (χ3v) is 2.89. The first-order chi connectivity index (χ1) is 7.66. The molecule has 1 unspecified atom stereocenters. The van der Waals surface area contributed by atoms with Crippen LogP contribution in [0.2, 0.25) is 0 Å². The van der Waals surface area contributed by atoms with Crippen molar-refractivity contribution >= 4 is 5.91 Å². The SMILES string of the molecule is CC(C)CC(=O)NC1CCc2cccnc21. The summed E-state index contributed by atoms with van der Waals surface area (Å²) in [4.78, 5) is 16.0. The zero-order valence-corrected chi connectivity index (χ0v) is 9.86. The largest absolute Gasteiger partial charge is 0.348 e. The van der Waals surface area contributed by atoms with Crippen molar-refractivity contribution in [2.45, 2.75) is 39.2 Å². The van der Waals surface area contributed by atoms with Gasteiger partial charge in [-0.3, -0.25) is 9.78 Å². The molecule has 0 spiro atoms. The van der Waals surface area contributed by atoms with Crippen LogP contribution in [0, 0.1) is 5.92 Å². The van der Waals surface area contributed by atoms with Gasteiger partial charge in [0.15, 0.2) is 0 Å². The van der Waals surface area contributed by atoms with E-state index in [2.05, 4.69) is 30.2 Å². The molecule has 1 atom stereocenters. The third-order valence-electron chi connectivity index (χ3n) is 2.89. The van der Waals surface area contributed by atoms with Gasteiger partial charge in [0.2, 0.25) is 5.91 Å². The van der Waals surface area contributed by atoms with Gasteiger partial charge in [0.05, 0.1) is 11.7 Å². The van der Waals surface area contributed by atoms with E-state index in [1.807, 2.05) is 6.07 Å². The summed E-state index contributed by atoms with van der Waals surface area (Å²) in [7, 11) is 0. The Morgan fingerprint density at radius 2 is 2.44 bits per heavy atom. The molecular formula is C13H18N2O. The van der Waals surface area contributed by atoms with E-state index in [-0.39, 0.29) is 11.9 Å². The number of hydrogen-bond acceptors (Lipinski definition) is 2. The summed E-state index contributed by atoms with van der Waals surface area (Å²) < 4.78 is 0. The van der Waals surface area contributed by atoms with E-state index in [1.165, 1.54) is 5.56 Å². The Kier molecular flexibility index (Phi) is 3.22. The number of aryl methyl sites for hydroxylation is 1. The monoisotopic (exact) mass is 218 g/mol. The van der Waals surface area contributed by atoms with Gasteiger partial charge >= 0.3 is 0 Å². The molecular weight excluding hydrogens is 200 g/mol. The van der Waals surface area contributed by atoms with E-state index < -0.39 is 0 Å². The Labute approximate surface area is 96.3 Å². The summed E-state index contributed by atoms with van der Waals surface area (Å²) in [5.74, 6) is 0.545. The highest BCUT2D eigenvalue weighted by molar-refractivity contribution is 5.76. The van der Waals surface area contributed by atoms with Crippen molar-refractivity contribution in [3.63, 3.8) is 0 Å². The lowest BCUT2D eigenvalue weighted by atomic mass is 10.1. The zero-order valence-electron chi connectivity index (χ0n) is 9.86. The molecule has 0 saturated heterocycles. The van der Waals surface area contributed by atoms with Crippen molar-refractivity contribution in [2.24, 2.45) is 5.92 Å². The highest BCUT2D eigenvalue weighted by Crippen LogP contribution is 2.28. The summed E-state index contributed by atoms with van der Waals surface area (Å²) in [6.07, 6.45) is 4.40. The molecule has 0 saturated carbocycles. The number of amides is 1. The predicted molar refractivity (Wildman–Crippen MR) is 62.9 cm³/mol. The summed E-state index contributed by atoms with van der Waals surface area (Å²) in [6.45, 7) is 4.11. The van der Waals surface area contributed by atoms with E-state index in [9.17, 15) is 4.79 Å². The van der Waals surface area contributed by atoms with Gasteiger partial charge in [-0.05, 0) is 30.4 Å². The van der Waals surface area contributed by atoms with E-state index in [0.717, 1.165) is 18.5 Å². The number of carbonyl (C=O) groups is 1. The summed E-state index contributed by atoms with van der Waals surface area (Å²) >= 11 is 0. The molecule has 1 aliphatic rings. The lowest BCUT2D eigenvalue weighted by Crippen LogP contribution is -2.28. The van der Waals surface area contributed by atoms with E-state index >= 15 is 0 Å². The average Bonchev–Trinajstić information content (AvgIpc) is 2.61. The summed E-state index contributed by atoms with van der Waals surface area (Å²) in [5.41, 5.74) is 2.33. The second-order valence-corrected chi connectivity index (χ2v) is 4.80. The molecule has 1 N–H and O–H groups in total. The minimum Gasteiger partial charge on any atom is -0.348 e. The zero-order chi connectivity index (χ0) is 11.5. The normalized spacial score (nSPS) is 18.6. The third kappa shape index (κ3) is 2.40. The first kappa shape index (κ1) is 11.1. The van der Waals surface area contributed by atoms with Crippen molar-refractivity contribution in [1.82, 2.24) is 10.3 Å². The van der Waals surface area contributed by atoms with Crippen molar-refractivity contribution < 1.29 is 4.79 Å². The van der Waals surface area contributed by atoms with Gasteiger partial charge in [0, 0.05) is 12.6 Å². The van der Waals surface area contributed by atoms with Gasteiger partial charge < -0.3 is 5.32 Å². The Morgan fingerprint density at radius 1 is 1.62 bits per heavy atom. The van der Waals surface area contributed by atoms with Crippen LogP contribution >= 0.6 is 0 Å². The minimum atomic E-state index is 0.127. The fourth-order valence-electron chi connectivity index (χ4n) is 2.18. The fourth-order valence-corrected chi connectivity index (χ4v) is 2.18. The topological polar surface area (TPSA) is 42.0 Å². The van der Waals surface area contributed by atoms with Gasteiger partial charge in [-0.1, -0.05) is 19.9 Å². The lowest BCUT2D eigenvalue weighted by Gasteiger charge is -2.14. The highest BCUT2D eigenvalue weighted by Gasteiger charge is 2.24. The van der Waals surface area contributed by atoms with Gasteiger partial charge in [-0.2, -0.15) is 0 Å². The van der Waals surface area contributed by atoms with E-state index in [0.29, 0.717) is 12.3 Å². The molecule has 0 bridgehead atoms. The molecule has 1 heterocycles. The smallest absolute Gasteiger partial charge is 0.220 e. The van der Waals surface area contributed by atoms with Crippen molar-refractivity contribution in [2.75, 3.05) is 0 Å². The second kappa shape index (κ2) is 4.64. The number of rotatable bonds is 3. The van der Waals surface area contributed by atoms with Gasteiger partial charge in [-0.25, -0.2) is 0 Å². The van der Waals surface area contributed by atoms with E-state index in [4.69, 9.17) is 0 Å². The Morgan fingerprint density at radius 3 is 3.19 bits per heavy atom. The molecule has 86 valence electrons. The fraction of sp³-hybridized carbons (Fsp3) is 0.538. The number of fused-ring (bicyclic) bond motifs is 1. The molecule has 0 aliphatic heterocycles. The molecule has 1 aromatic heterocycles. The van der Waals surface area contributed by atoms with Crippen LogP contribution in [0.25, 0.3) is 0 Å². The van der Waals surface area contributed by atoms with Crippen LogP contribution in [0.4, 0.5) is 0 Å². The number of nitrogens with one attached hydrogen (secondary N) is 1. The maximum atomic E-state index is 11.7. The van der Waals surface area contributed by atoms with Gasteiger partial charge in [0.25, 0.3) is 0 Å². The Hall–Kier alpha value is -1.38. The van der Waals surface area contributed by atoms with Gasteiger partial charge in [-0.15, -0.1) is 0 Å². The molecule has 3 heteroatoms. The van der Waals surface area contributed by atoms with Crippen LogP contribution in [0.3, 0.4) is 0 Å². The average molecular weight is 218 g/mol. The van der Waals surface area contributed by atoms with Crippen LogP contribution < -0.4 is 5.32 Å². The predicted octanol–water partition coefficient (Wildman–Crippen LogP) is 2.23. The molecule has 0 radical (unpaired) electrons. The maximum Gasteiger partial charge on any atom is 0.220 e. The quantitative estimate of drug-likeness (QED) is 0.845. The summed E-state index contributed by atoms with van der Waals surface area (Å²) in [6, 6.07) is 4.18. The molecule has 1 amide bonds. The number of pyridine rings is 1. The van der Waals surface area contributed by atoms with Crippen LogP contribution in [0.15, 0.2) is 18.3 Å². The van der Waals surface area contributed by atoms with Crippen molar-refractivity contribution in [1.29, 1.82) is 0 Å². The lowest BCUT2D eigenvalue weighted by molar-refractivity contribution is -0.122. The number of hydrogen-bond donors (Lipinski definition) is 1. The molecule has 16 heavy (non-hydrogen) atoms. The van der Waals surface area contributed by atoms with Crippen LogP contribution in [-0.4, -0.2) is 10.9 Å². The van der Waals surface area contributed by atoms with E-state index in [1.54, 1.807) is 6.20 Å².